The quantitative estimate of drug-likeness (QED) is 0.216. The van der Waals surface area contributed by atoms with Crippen molar-refractivity contribution in [3.63, 3.8) is 0 Å². The van der Waals surface area contributed by atoms with Crippen molar-refractivity contribution >= 4 is 69.9 Å². The molecule has 0 saturated carbocycles. The summed E-state index contributed by atoms with van der Waals surface area (Å²) in [6.45, 7) is 0.819. The highest BCUT2D eigenvalue weighted by molar-refractivity contribution is 7.85. The summed E-state index contributed by atoms with van der Waals surface area (Å²) >= 11 is 7.88. The number of aromatic nitrogens is 1. The molecular formula is C26H27ClN2O6S3. The number of halogens is 1. The minimum atomic E-state index is -4.33. The van der Waals surface area contributed by atoms with E-state index in [2.05, 4.69) is 27.7 Å². The molecule has 0 aliphatic carbocycles. The molecule has 0 saturated heterocycles. The molecule has 8 nitrogen and oxygen atoms in total. The van der Waals surface area contributed by atoms with Gasteiger partial charge in [-0.15, -0.1) is 0 Å². The van der Waals surface area contributed by atoms with E-state index in [4.69, 9.17) is 11.6 Å². The van der Waals surface area contributed by atoms with E-state index < -0.39 is 26.0 Å². The molecule has 2 heterocycles. The molecule has 0 spiro atoms. The summed E-state index contributed by atoms with van der Waals surface area (Å²) in [5, 5.41) is 3.78. The number of anilines is 1. The first kappa shape index (κ1) is 27.3. The van der Waals surface area contributed by atoms with Gasteiger partial charge in [-0.2, -0.15) is 13.0 Å². The van der Waals surface area contributed by atoms with E-state index in [1.807, 2.05) is 36.4 Å². The predicted octanol–water partition coefficient (Wildman–Crippen LogP) is 4.18. The molecule has 202 valence electrons. The van der Waals surface area contributed by atoms with Gasteiger partial charge in [-0.25, -0.2) is 8.42 Å². The highest BCUT2D eigenvalue weighted by Crippen LogP contribution is 2.40. The van der Waals surface area contributed by atoms with Gasteiger partial charge in [0.05, 0.1) is 22.3 Å². The molecule has 1 aliphatic rings. The van der Waals surface area contributed by atoms with Gasteiger partial charge in [0.25, 0.3) is 10.1 Å². The molecule has 1 aliphatic heterocycles. The molecule has 12 heteroatoms. The second kappa shape index (κ2) is 10.7. The predicted molar refractivity (Wildman–Crippen MR) is 150 cm³/mol. The Morgan fingerprint density at radius 3 is 2.61 bits per heavy atom. The monoisotopic (exact) mass is 594 g/mol. The van der Waals surface area contributed by atoms with Crippen molar-refractivity contribution in [1.82, 2.24) is 0 Å². The van der Waals surface area contributed by atoms with Crippen molar-refractivity contribution in [3.8, 4) is 0 Å². The van der Waals surface area contributed by atoms with Crippen molar-refractivity contribution in [2.45, 2.75) is 38.3 Å². The molecule has 0 amide bonds. The summed E-state index contributed by atoms with van der Waals surface area (Å²) in [6.07, 6.45) is 1.86. The standard InChI is InChI=1S/C26H27ClN2O6S3/c27-20-9-10-24-23(16-20)29(12-4-14-38(33,34)35)25(36-24)17-21-15-19-8-7-18-5-1-2-6-22(18)26(19)28(21)11-3-13-37(30,31)32/h1-2,5-10,16,21H,3-4,11-15,17H2,(H-,30,31,32,33,34,35). The highest BCUT2D eigenvalue weighted by Gasteiger charge is 2.34. The minimum absolute atomic E-state index is 0.0234. The maximum absolute atomic E-state index is 11.4. The Balaban J connectivity index is 1.51. The van der Waals surface area contributed by atoms with Gasteiger partial charge in [-0.05, 0) is 35.9 Å². The van der Waals surface area contributed by atoms with Crippen molar-refractivity contribution in [2.75, 3.05) is 23.0 Å². The summed E-state index contributed by atoms with van der Waals surface area (Å²) in [6, 6.07) is 17.9. The van der Waals surface area contributed by atoms with Gasteiger partial charge in [0, 0.05) is 46.9 Å². The Morgan fingerprint density at radius 1 is 1.05 bits per heavy atom. The summed E-state index contributed by atoms with van der Waals surface area (Å²) in [4.78, 5) is 2.24. The number of thiazole rings is 1. The third-order valence-electron chi connectivity index (χ3n) is 6.90. The molecule has 1 aromatic heterocycles. The van der Waals surface area contributed by atoms with E-state index in [1.54, 1.807) is 11.3 Å². The van der Waals surface area contributed by atoms with Crippen LogP contribution in [0.5, 0.6) is 0 Å². The van der Waals surface area contributed by atoms with E-state index in [0.29, 0.717) is 24.5 Å². The zero-order valence-electron chi connectivity index (χ0n) is 20.4. The van der Waals surface area contributed by atoms with Crippen LogP contribution in [0.15, 0.2) is 54.6 Å². The summed E-state index contributed by atoms with van der Waals surface area (Å²) in [5.74, 6) is -0.763. The van der Waals surface area contributed by atoms with Gasteiger partial charge in [0.1, 0.15) is 4.70 Å². The first-order chi connectivity index (χ1) is 18.0. The van der Waals surface area contributed by atoms with Crippen molar-refractivity contribution in [2.24, 2.45) is 0 Å². The zero-order chi connectivity index (χ0) is 27.1. The average molecular weight is 595 g/mol. The molecule has 0 radical (unpaired) electrons. The van der Waals surface area contributed by atoms with Crippen LogP contribution in [0.25, 0.3) is 21.0 Å². The lowest BCUT2D eigenvalue weighted by Crippen LogP contribution is -2.42. The lowest BCUT2D eigenvalue weighted by atomic mass is 10.0. The fraction of sp³-hybridized carbons (Fsp3) is 0.346. The van der Waals surface area contributed by atoms with E-state index in [9.17, 15) is 25.9 Å². The second-order valence-corrected chi connectivity index (χ2v) is 14.2. The fourth-order valence-electron chi connectivity index (χ4n) is 5.35. The molecule has 38 heavy (non-hydrogen) atoms. The lowest BCUT2D eigenvalue weighted by Gasteiger charge is -2.27. The number of hydrogen-bond acceptors (Lipinski definition) is 7. The number of fused-ring (bicyclic) bond motifs is 4. The van der Waals surface area contributed by atoms with Crippen LogP contribution in [0, 0.1) is 0 Å². The third kappa shape index (κ3) is 6.13. The molecular weight excluding hydrogens is 568 g/mol. The number of rotatable bonds is 10. The number of aryl methyl sites for hydroxylation is 1. The van der Waals surface area contributed by atoms with E-state index in [1.165, 1.54) is 5.56 Å². The molecule has 0 fully saturated rings. The van der Waals surface area contributed by atoms with Crippen molar-refractivity contribution in [1.29, 1.82) is 0 Å². The van der Waals surface area contributed by atoms with Gasteiger partial charge in [0.2, 0.25) is 10.5 Å². The van der Waals surface area contributed by atoms with Crippen LogP contribution in [0.1, 0.15) is 23.4 Å². The Morgan fingerprint density at radius 2 is 1.84 bits per heavy atom. The van der Waals surface area contributed by atoms with E-state index >= 15 is 0 Å². The van der Waals surface area contributed by atoms with Crippen LogP contribution in [-0.2, 0) is 39.6 Å². The summed E-state index contributed by atoms with van der Waals surface area (Å²) in [5.41, 5.74) is 3.14. The maximum Gasteiger partial charge on any atom is 0.264 e. The second-order valence-electron chi connectivity index (χ2n) is 9.56. The molecule has 3 aromatic carbocycles. The Hall–Kier alpha value is -2.28. The molecule has 4 aromatic rings. The van der Waals surface area contributed by atoms with Crippen molar-refractivity contribution < 1.29 is 30.5 Å². The largest absolute Gasteiger partial charge is 0.748 e. The van der Waals surface area contributed by atoms with Gasteiger partial charge < -0.3 is 9.45 Å². The van der Waals surface area contributed by atoms with E-state index in [-0.39, 0.29) is 24.6 Å². The van der Waals surface area contributed by atoms with Crippen LogP contribution < -0.4 is 9.47 Å². The van der Waals surface area contributed by atoms with Gasteiger partial charge >= 0.3 is 0 Å². The summed E-state index contributed by atoms with van der Waals surface area (Å²) < 4.78 is 69.0. The Kier molecular flexibility index (Phi) is 7.69. The SMILES string of the molecule is O=S(=O)([O-])CCC[n+]1c(CC2Cc3ccc4ccccc4c3N2CCCS(=O)(=O)O)sc2ccc(Cl)cc21. The van der Waals surface area contributed by atoms with Crippen LogP contribution in [0.4, 0.5) is 5.69 Å². The van der Waals surface area contributed by atoms with Crippen molar-refractivity contribution in [3.05, 3.63) is 70.2 Å². The van der Waals surface area contributed by atoms with Crippen LogP contribution in [0.2, 0.25) is 5.02 Å². The third-order valence-corrected chi connectivity index (χ3v) is 9.91. The highest BCUT2D eigenvalue weighted by atomic mass is 35.5. The van der Waals surface area contributed by atoms with Gasteiger partial charge in [-0.1, -0.05) is 59.3 Å². The normalized spacial score (nSPS) is 16.0. The average Bonchev–Trinajstić information content (AvgIpc) is 3.35. The summed E-state index contributed by atoms with van der Waals surface area (Å²) in [7, 11) is -8.40. The molecule has 5 rings (SSSR count). The minimum Gasteiger partial charge on any atom is -0.748 e. The number of hydrogen-bond donors (Lipinski definition) is 1. The first-order valence-electron chi connectivity index (χ1n) is 12.3. The Labute approximate surface area is 231 Å². The number of nitrogens with zero attached hydrogens (tertiary/aromatic N) is 2. The molecule has 0 bridgehead atoms. The van der Waals surface area contributed by atoms with E-state index in [0.717, 1.165) is 38.1 Å². The smallest absolute Gasteiger partial charge is 0.264 e. The van der Waals surface area contributed by atoms with Gasteiger partial charge in [-0.3, -0.25) is 4.55 Å². The molecule has 1 atom stereocenters. The lowest BCUT2D eigenvalue weighted by molar-refractivity contribution is -0.674. The fourth-order valence-corrected chi connectivity index (χ4v) is 7.73. The van der Waals surface area contributed by atoms with Gasteiger partial charge in [0.15, 0.2) is 6.54 Å². The van der Waals surface area contributed by atoms with Crippen LogP contribution in [0.3, 0.4) is 0 Å². The first-order valence-corrected chi connectivity index (χ1v) is 16.6. The number of benzene rings is 3. The zero-order valence-corrected chi connectivity index (χ0v) is 23.6. The molecule has 1 unspecified atom stereocenters. The maximum atomic E-state index is 11.4. The topological polar surface area (TPSA) is 119 Å². The Bertz CT molecular complexity index is 1720. The molecule has 1 N–H and O–H groups in total. The van der Waals surface area contributed by atoms with Crippen LogP contribution >= 0.6 is 22.9 Å². The van der Waals surface area contributed by atoms with Crippen LogP contribution in [-0.4, -0.2) is 50.0 Å².